The van der Waals surface area contributed by atoms with Crippen molar-refractivity contribution in [1.29, 1.82) is 0 Å². The average molecular weight is 1190 g/mol. The summed E-state index contributed by atoms with van der Waals surface area (Å²) in [6, 6.07) is 26.6. The molecule has 2 aliphatic carbocycles. The van der Waals surface area contributed by atoms with Gasteiger partial charge in [0.1, 0.15) is 0 Å². The van der Waals surface area contributed by atoms with Crippen molar-refractivity contribution in [2.75, 3.05) is 28.4 Å². The first kappa shape index (κ1) is 76.4. The normalized spacial score (nSPS) is 16.7. The van der Waals surface area contributed by atoms with Crippen LogP contribution in [0, 0.1) is 0 Å². The zero-order valence-electron chi connectivity index (χ0n) is 42.6. The minimum Gasteiger partial charge on any atom is -0.870 e. The van der Waals surface area contributed by atoms with Gasteiger partial charge in [-0.25, -0.2) is 41.5 Å². The quantitative estimate of drug-likeness (QED) is 0.0513. The van der Waals surface area contributed by atoms with E-state index in [4.69, 9.17) is 14.4 Å². The zero-order chi connectivity index (χ0) is 56.6. The molecule has 1 heterocycles. The molecule has 1 aliphatic heterocycles. The number of carbonyl (C=O) groups excluding carboxylic acids is 4. The first-order chi connectivity index (χ1) is 34.2. The second kappa shape index (κ2) is 32.3. The molecule has 2 atom stereocenters. The maximum atomic E-state index is 12.9. The standard InChI is InChI=1S/C11H10F2O2.C10H8F2O2.C10H10O2.C8H15BO2.C8H7BrO2.C3H3F3O4S.2CH4.Li.H2O/c1-15-10(14)8-5-3-2-4-7(8)9-6-11(9,12)13;11-10(12)5-8(10)6-3-1-2-4-7(6)9(13)14;1-3-8-6-4-5-7-9(8)10(11)12-2;1-6-9-10-7(2,3)8(4,5)11-9;1-11-8(10)6-4-2-3-5-7(6)9;1-10-2(7)3(4,5)11(6,8)9;;;;/h2-5,9H,6H2,1H3;1-4,8H,5H2,(H,13,14);3-7H,1H2,2H3;6H,1H2,2-5H3;2-5H,1H3;1H3;2*1H4;;1H2/q;;;;;;;;+1;/p-1. The van der Waals surface area contributed by atoms with Crippen molar-refractivity contribution in [2.45, 2.75) is 95.5 Å². The van der Waals surface area contributed by atoms with Crippen molar-refractivity contribution in [1.82, 2.24) is 0 Å². The number of methoxy groups -OCH3 is 4. The van der Waals surface area contributed by atoms with Crippen LogP contribution in [0.5, 0.6) is 0 Å². The predicted molar refractivity (Wildman–Crippen MR) is 278 cm³/mol. The van der Waals surface area contributed by atoms with Crippen LogP contribution in [-0.2, 0) is 43.3 Å². The number of hydrogen-bond donors (Lipinski definition) is 1. The molecule has 7 rings (SSSR count). The largest absolute Gasteiger partial charge is 1.00 e. The molecule has 4 aromatic rings. The third-order valence-electron chi connectivity index (χ3n) is 11.0. The van der Waals surface area contributed by atoms with E-state index < -0.39 is 57.1 Å². The van der Waals surface area contributed by atoms with E-state index >= 15 is 0 Å². The average Bonchev–Trinajstić information content (AvgIpc) is 4.20. The van der Waals surface area contributed by atoms with E-state index in [-0.39, 0.29) is 99.0 Å². The molecule has 4 aromatic carbocycles. The first-order valence-corrected chi connectivity index (χ1v) is 23.7. The van der Waals surface area contributed by atoms with Crippen LogP contribution >= 0.6 is 15.9 Å². The first-order valence-electron chi connectivity index (χ1n) is 21.5. The molecule has 15 nitrogen and oxygen atoms in total. The van der Waals surface area contributed by atoms with Crippen molar-refractivity contribution in [3.8, 4) is 0 Å². The number of halogens is 8. The number of esters is 4. The zero-order valence-corrected chi connectivity index (χ0v) is 45.0. The fourth-order valence-electron chi connectivity index (χ4n) is 6.10. The van der Waals surface area contributed by atoms with Crippen LogP contribution in [0.15, 0.2) is 121 Å². The summed E-state index contributed by atoms with van der Waals surface area (Å²) in [5.74, 6) is -10.2. The summed E-state index contributed by atoms with van der Waals surface area (Å²) in [6.45, 7) is 15.3. The van der Waals surface area contributed by atoms with Crippen LogP contribution < -0.4 is 18.9 Å². The maximum absolute atomic E-state index is 12.9. The Labute approximate surface area is 470 Å². The molecule has 2 N–H and O–H groups in total. The summed E-state index contributed by atoms with van der Waals surface area (Å²) in [6.07, 6.45) is 1.21. The summed E-state index contributed by atoms with van der Waals surface area (Å²) >= 11 is 3.24. The van der Waals surface area contributed by atoms with E-state index in [1.165, 1.54) is 45.6 Å². The Balaban J connectivity index is -0.000000861. The van der Waals surface area contributed by atoms with Gasteiger partial charge in [-0.3, -0.25) is 0 Å². The summed E-state index contributed by atoms with van der Waals surface area (Å²) in [7, 11) is -1.99. The Morgan fingerprint density at radius 3 is 1.31 bits per heavy atom. The van der Waals surface area contributed by atoms with Gasteiger partial charge in [-0.15, -0.1) is 6.58 Å². The number of ether oxygens (including phenoxy) is 4. The number of rotatable bonds is 10. The Morgan fingerprint density at radius 1 is 0.654 bits per heavy atom. The van der Waals surface area contributed by atoms with Crippen LogP contribution in [0.3, 0.4) is 0 Å². The Hall–Kier alpha value is -5.81. The second-order valence-electron chi connectivity index (χ2n) is 16.6. The number of carboxylic acid groups (broad SMARTS) is 1. The number of hydrogen-bond acceptors (Lipinski definition) is 14. The second-order valence-corrected chi connectivity index (χ2v) is 18.8. The van der Waals surface area contributed by atoms with Crippen LogP contribution in [0.2, 0.25) is 0 Å². The van der Waals surface area contributed by atoms with Gasteiger partial charge in [0.25, 0.3) is 11.8 Å². The van der Waals surface area contributed by atoms with Gasteiger partial charge in [-0.2, -0.15) is 17.2 Å². The molecule has 426 valence electrons. The summed E-state index contributed by atoms with van der Waals surface area (Å²) in [4.78, 5) is 54.0. The van der Waals surface area contributed by atoms with Gasteiger partial charge in [0.05, 0.1) is 73.7 Å². The van der Waals surface area contributed by atoms with E-state index in [2.05, 4.69) is 48.0 Å². The molecule has 0 radical (unpaired) electrons. The smallest absolute Gasteiger partial charge is 0.870 e. The molecule has 2 saturated carbocycles. The summed E-state index contributed by atoms with van der Waals surface area (Å²) < 4.78 is 135. The van der Waals surface area contributed by atoms with Gasteiger partial charge in [-0.1, -0.05) is 104 Å². The third-order valence-corrected chi connectivity index (χ3v) is 12.5. The van der Waals surface area contributed by atoms with Crippen molar-refractivity contribution in [2.24, 2.45) is 0 Å². The molecule has 1 saturated heterocycles. The summed E-state index contributed by atoms with van der Waals surface area (Å²) in [5.41, 5.74) is 2.28. The topological polar surface area (TPSA) is 225 Å². The van der Waals surface area contributed by atoms with Gasteiger partial charge in [0.15, 0.2) is 0 Å². The van der Waals surface area contributed by atoms with Crippen LogP contribution in [0.25, 0.3) is 6.08 Å². The molecule has 0 aromatic heterocycles. The predicted octanol–water partition coefficient (Wildman–Crippen LogP) is 9.41. The van der Waals surface area contributed by atoms with E-state index in [9.17, 15) is 62.6 Å². The van der Waals surface area contributed by atoms with Gasteiger partial charge < -0.3 is 38.8 Å². The number of alkyl halides is 6. The minimum absolute atomic E-state index is 0. The molecule has 26 heteroatoms. The number of carbonyl (C=O) groups is 5. The van der Waals surface area contributed by atoms with Gasteiger partial charge in [0, 0.05) is 17.3 Å². The maximum Gasteiger partial charge on any atom is 1.00 e. The molecule has 0 bridgehead atoms. The summed E-state index contributed by atoms with van der Waals surface area (Å²) in [5, 5.41) is 3.66. The van der Waals surface area contributed by atoms with E-state index in [0.29, 0.717) is 23.8 Å². The molecule has 0 spiro atoms. The number of aromatic carboxylic acids is 1. The Bertz CT molecular complexity index is 2750. The molecule has 2 unspecified atom stereocenters. The van der Waals surface area contributed by atoms with Gasteiger partial charge >= 0.3 is 71.3 Å². The fourth-order valence-corrected chi connectivity index (χ4v) is 6.83. The van der Waals surface area contributed by atoms with Crippen molar-refractivity contribution >= 4 is 69.2 Å². The van der Waals surface area contributed by atoms with E-state index in [0.717, 1.165) is 10.0 Å². The SMILES string of the molecule is C.C.C=CB1OC(C)(C)C(C)(C)O1.C=Cc1ccccc1C(=O)OC.COC(=O)C(F)(F)S(=O)(=O)F.COC(=O)c1ccccc1Br.COC(=O)c1ccccc1C1CC1(F)F.O=C(O)c1ccccc1C1CC1(F)F.[Li+].[OH-]. The van der Waals surface area contributed by atoms with E-state index in [1.807, 2.05) is 45.9 Å². The van der Waals surface area contributed by atoms with Crippen LogP contribution in [0.4, 0.5) is 30.2 Å². The third kappa shape index (κ3) is 21.1. The van der Waals surface area contributed by atoms with Crippen LogP contribution in [0.1, 0.15) is 125 Å². The fraction of sp³-hybridized carbons (Fsp3) is 0.365. The molecular weight excluding hydrogens is 1130 g/mol. The monoisotopic (exact) mass is 1190 g/mol. The Kier molecular flexibility index (Phi) is 31.7. The minimum atomic E-state index is -6.22. The van der Waals surface area contributed by atoms with Crippen molar-refractivity contribution < 1.29 is 120 Å². The van der Waals surface area contributed by atoms with Gasteiger partial charge in [-0.05, 0) is 90.6 Å². The number of carboxylic acids is 1. The Morgan fingerprint density at radius 2 is 0.987 bits per heavy atom. The van der Waals surface area contributed by atoms with Crippen molar-refractivity contribution in [3.63, 3.8) is 0 Å². The number of benzene rings is 4. The molecule has 78 heavy (non-hydrogen) atoms. The molecule has 0 amide bonds. The van der Waals surface area contributed by atoms with Crippen molar-refractivity contribution in [3.05, 3.63) is 160 Å². The molecular formula is C52H62BBrF7LiO15S. The van der Waals surface area contributed by atoms with E-state index in [1.54, 1.807) is 66.6 Å². The van der Waals surface area contributed by atoms with Crippen LogP contribution in [-0.4, -0.2) is 113 Å². The molecule has 3 fully saturated rings. The van der Waals surface area contributed by atoms with Gasteiger partial charge in [0.2, 0.25) is 0 Å². The molecule has 3 aliphatic rings.